The molecule has 1 aliphatic carbocycles. The number of nitrogens with zero attached hydrogens (tertiary/aromatic N) is 6. The molecule has 2 atom stereocenters. The fourth-order valence-corrected chi connectivity index (χ4v) is 5.43. The molecule has 3 heterocycles. The highest BCUT2D eigenvalue weighted by atomic mass is 16.1. The van der Waals surface area contributed by atoms with Crippen LogP contribution in [0.4, 0.5) is 17.3 Å². The highest BCUT2D eigenvalue weighted by Crippen LogP contribution is 2.41. The van der Waals surface area contributed by atoms with Gasteiger partial charge in [0.25, 0.3) is 0 Å². The lowest BCUT2D eigenvalue weighted by Crippen LogP contribution is -2.41. The molecule has 1 unspecified atom stereocenters. The second-order valence-electron chi connectivity index (χ2n) is 10.4. The minimum atomic E-state index is -0.503. The summed E-state index contributed by atoms with van der Waals surface area (Å²) in [5.74, 6) is 0.158. The molecule has 40 heavy (non-hydrogen) atoms. The number of anilines is 3. The number of allylic oxidation sites excluding steroid dienone is 2. The number of likely N-dealkylation sites (tertiary alicyclic amines) is 1. The second kappa shape index (κ2) is 11.6. The van der Waals surface area contributed by atoms with Crippen molar-refractivity contribution < 1.29 is 9.59 Å². The van der Waals surface area contributed by atoms with E-state index in [1.54, 1.807) is 10.9 Å². The third-order valence-electron chi connectivity index (χ3n) is 7.63. The van der Waals surface area contributed by atoms with Crippen LogP contribution >= 0.6 is 0 Å². The Labute approximate surface area is 233 Å². The lowest BCUT2D eigenvalue weighted by molar-refractivity contribution is -0.117. The first-order chi connectivity index (χ1) is 19.4. The van der Waals surface area contributed by atoms with Crippen molar-refractivity contribution in [3.05, 3.63) is 67.2 Å². The number of aromatic nitrogens is 4. The number of nitrogens with one attached hydrogen (secondary N) is 2. The van der Waals surface area contributed by atoms with Crippen molar-refractivity contribution in [2.24, 2.45) is 12.5 Å². The van der Waals surface area contributed by atoms with Gasteiger partial charge in [0.2, 0.25) is 11.9 Å². The van der Waals surface area contributed by atoms with Crippen molar-refractivity contribution >= 4 is 35.1 Å². The molecule has 1 fully saturated rings. The molecule has 2 aliphatic rings. The fraction of sp³-hybridized carbons (Fsp3) is 0.333. The van der Waals surface area contributed by atoms with Crippen LogP contribution in [0.5, 0.6) is 0 Å². The summed E-state index contributed by atoms with van der Waals surface area (Å²) in [6.07, 6.45) is 13.6. The summed E-state index contributed by atoms with van der Waals surface area (Å²) in [4.78, 5) is 35.7. The Bertz CT molecular complexity index is 1490. The zero-order chi connectivity index (χ0) is 28.1. The normalized spacial score (nSPS) is 20.8. The molecule has 0 saturated carbocycles. The van der Waals surface area contributed by atoms with Crippen LogP contribution < -0.4 is 10.6 Å². The number of aryl methyl sites for hydroxylation is 1. The Kier molecular flexibility index (Phi) is 7.84. The van der Waals surface area contributed by atoms with Gasteiger partial charge in [0, 0.05) is 48.2 Å². The van der Waals surface area contributed by atoms with Crippen molar-refractivity contribution in [2.75, 3.05) is 23.7 Å². The van der Waals surface area contributed by atoms with Crippen LogP contribution in [0.1, 0.15) is 37.7 Å². The number of hydrogen-bond donors (Lipinski definition) is 2. The summed E-state index contributed by atoms with van der Waals surface area (Å²) in [6.45, 7) is 4.96. The molecule has 0 radical (unpaired) electrons. The molecule has 0 bridgehead atoms. The minimum Gasteiger partial charge on any atom is -0.323 e. The van der Waals surface area contributed by atoms with E-state index in [0.29, 0.717) is 37.4 Å². The van der Waals surface area contributed by atoms with E-state index in [2.05, 4.69) is 44.3 Å². The van der Waals surface area contributed by atoms with E-state index in [1.807, 2.05) is 43.7 Å². The molecule has 0 spiro atoms. The molecule has 10 nitrogen and oxygen atoms in total. The van der Waals surface area contributed by atoms with Crippen molar-refractivity contribution in [1.29, 1.82) is 5.26 Å². The third-order valence-corrected chi connectivity index (χ3v) is 7.63. The van der Waals surface area contributed by atoms with Crippen LogP contribution in [0, 0.1) is 16.7 Å². The average Bonchev–Trinajstić information content (AvgIpc) is 3.61. The van der Waals surface area contributed by atoms with Gasteiger partial charge in [0.15, 0.2) is 0 Å². The largest absolute Gasteiger partial charge is 0.323 e. The van der Waals surface area contributed by atoms with E-state index in [-0.39, 0.29) is 11.9 Å². The standard InChI is InChI=1S/C30H32N8O2/c1-3-27(40)34-23-8-6-22(7-9-23)28-26(17-32-29(36-28)35-24-16-33-37(2)18-24)21-10-12-30(20-39,13-11-21)19-38-14-4-5-25(38)15-31/h3,6-10,16-18,20,25H,1,4-5,11-14,19H2,2H3,(H,34,40)(H,32,35,36)/t25-,30?/m0/s1. The van der Waals surface area contributed by atoms with Gasteiger partial charge in [0.1, 0.15) is 6.29 Å². The van der Waals surface area contributed by atoms with Gasteiger partial charge >= 0.3 is 0 Å². The van der Waals surface area contributed by atoms with Crippen molar-refractivity contribution in [3.8, 4) is 17.3 Å². The molecule has 3 aromatic rings. The number of benzene rings is 1. The molecular formula is C30H32N8O2. The first-order valence-corrected chi connectivity index (χ1v) is 13.4. The number of hydrogen-bond acceptors (Lipinski definition) is 8. The van der Waals surface area contributed by atoms with Gasteiger partial charge in [0.05, 0.1) is 29.7 Å². The van der Waals surface area contributed by atoms with Crippen LogP contribution in [-0.2, 0) is 16.6 Å². The van der Waals surface area contributed by atoms with Gasteiger partial charge in [-0.25, -0.2) is 9.97 Å². The summed E-state index contributed by atoms with van der Waals surface area (Å²) in [5.41, 5.74) is 4.52. The Balaban J connectivity index is 1.45. The van der Waals surface area contributed by atoms with Crippen LogP contribution in [0.2, 0.25) is 0 Å². The number of rotatable bonds is 9. The van der Waals surface area contributed by atoms with Crippen molar-refractivity contribution in [1.82, 2.24) is 24.6 Å². The zero-order valence-corrected chi connectivity index (χ0v) is 22.5. The van der Waals surface area contributed by atoms with Gasteiger partial charge in [-0.05, 0) is 62.4 Å². The van der Waals surface area contributed by atoms with Crippen LogP contribution in [-0.4, -0.2) is 56.0 Å². The Hall–Kier alpha value is -4.62. The molecule has 1 aromatic carbocycles. The predicted octanol–water partition coefficient (Wildman–Crippen LogP) is 4.49. The van der Waals surface area contributed by atoms with Crippen molar-refractivity contribution in [3.63, 3.8) is 0 Å². The number of carbonyl (C=O) groups excluding carboxylic acids is 2. The number of nitriles is 1. The molecule has 5 rings (SSSR count). The molecule has 1 amide bonds. The molecule has 10 heteroatoms. The van der Waals surface area contributed by atoms with Crippen LogP contribution in [0.25, 0.3) is 16.8 Å². The smallest absolute Gasteiger partial charge is 0.247 e. The van der Waals surface area contributed by atoms with E-state index < -0.39 is 5.41 Å². The predicted molar refractivity (Wildman–Crippen MR) is 153 cm³/mol. The molecule has 2 N–H and O–H groups in total. The number of amides is 1. The molecule has 1 saturated heterocycles. The Morgan fingerprint density at radius 2 is 2.10 bits per heavy atom. The summed E-state index contributed by atoms with van der Waals surface area (Å²) in [7, 11) is 1.84. The van der Waals surface area contributed by atoms with E-state index in [0.717, 1.165) is 53.8 Å². The minimum absolute atomic E-state index is 0.110. The fourth-order valence-electron chi connectivity index (χ4n) is 5.43. The molecule has 204 valence electrons. The highest BCUT2D eigenvalue weighted by Gasteiger charge is 2.37. The lowest BCUT2D eigenvalue weighted by atomic mass is 9.74. The monoisotopic (exact) mass is 536 g/mol. The highest BCUT2D eigenvalue weighted by molar-refractivity contribution is 5.99. The molecule has 2 aromatic heterocycles. The van der Waals surface area contributed by atoms with Gasteiger partial charge in [-0.15, -0.1) is 0 Å². The van der Waals surface area contributed by atoms with Gasteiger partial charge < -0.3 is 15.4 Å². The maximum absolute atomic E-state index is 12.3. The Morgan fingerprint density at radius 1 is 1.27 bits per heavy atom. The first-order valence-electron chi connectivity index (χ1n) is 13.4. The average molecular weight is 537 g/mol. The molecule has 1 aliphatic heterocycles. The summed E-state index contributed by atoms with van der Waals surface area (Å²) < 4.78 is 1.70. The van der Waals surface area contributed by atoms with Gasteiger partial charge in [-0.3, -0.25) is 14.4 Å². The first kappa shape index (κ1) is 27.0. The van der Waals surface area contributed by atoms with Crippen LogP contribution in [0.3, 0.4) is 0 Å². The Morgan fingerprint density at radius 3 is 2.75 bits per heavy atom. The maximum Gasteiger partial charge on any atom is 0.247 e. The van der Waals surface area contributed by atoms with E-state index in [1.165, 1.54) is 6.08 Å². The quantitative estimate of drug-likeness (QED) is 0.302. The van der Waals surface area contributed by atoms with Crippen LogP contribution in [0.15, 0.2) is 61.6 Å². The SMILES string of the molecule is C=CC(=O)Nc1ccc(-c2nc(Nc3cnn(C)c3)ncc2C2=CCC(C=O)(CN3CCC[C@H]3C#N)CC2)cc1. The van der Waals surface area contributed by atoms with Crippen molar-refractivity contribution in [2.45, 2.75) is 38.1 Å². The third kappa shape index (κ3) is 5.84. The van der Waals surface area contributed by atoms with Gasteiger partial charge in [-0.2, -0.15) is 10.4 Å². The van der Waals surface area contributed by atoms with E-state index in [4.69, 9.17) is 4.98 Å². The second-order valence-corrected chi connectivity index (χ2v) is 10.4. The lowest BCUT2D eigenvalue weighted by Gasteiger charge is -2.36. The number of aldehydes is 1. The number of carbonyl (C=O) groups is 2. The summed E-state index contributed by atoms with van der Waals surface area (Å²) in [5, 5.41) is 19.7. The van der Waals surface area contributed by atoms with E-state index in [9.17, 15) is 14.9 Å². The zero-order valence-electron chi connectivity index (χ0n) is 22.5. The van der Waals surface area contributed by atoms with E-state index >= 15 is 0 Å². The molecular weight excluding hydrogens is 504 g/mol. The topological polar surface area (TPSA) is 129 Å². The van der Waals surface area contributed by atoms with Gasteiger partial charge in [-0.1, -0.05) is 24.8 Å². The summed E-state index contributed by atoms with van der Waals surface area (Å²) in [6, 6.07) is 9.74. The maximum atomic E-state index is 12.3. The summed E-state index contributed by atoms with van der Waals surface area (Å²) >= 11 is 0.